The Morgan fingerprint density at radius 3 is 2.48 bits per heavy atom. The number of pyridine rings is 1. The molecule has 1 aliphatic carbocycles. The SMILES string of the molecule is Cc1ccc(N2CC3(CCOCC3)C2)c(C(=O)Nc2ccc(C(=O)N3c4ncccc4N=C(c4ccc(C(=O)NC5CCC5)s4)[C@H]3C)cc2)c1. The van der Waals surface area contributed by atoms with E-state index in [0.717, 1.165) is 74.5 Å². The number of anilines is 3. The van der Waals surface area contributed by atoms with Crippen LogP contribution in [0.1, 0.15) is 79.9 Å². The number of hydrogen-bond donors (Lipinski definition) is 2. The predicted octanol–water partition coefficient (Wildman–Crippen LogP) is 6.77. The van der Waals surface area contributed by atoms with Crippen molar-refractivity contribution in [2.45, 2.75) is 58.0 Å². The van der Waals surface area contributed by atoms with E-state index < -0.39 is 6.04 Å². The predicted molar refractivity (Wildman–Crippen MR) is 196 cm³/mol. The quantitative estimate of drug-likeness (QED) is 0.221. The normalized spacial score (nSPS) is 19.6. The number of hydrogen-bond acceptors (Lipinski definition) is 8. The number of aryl methyl sites for hydroxylation is 1. The second-order valence-electron chi connectivity index (χ2n) is 14.0. The lowest BCUT2D eigenvalue weighted by Crippen LogP contribution is -2.59. The first-order valence-corrected chi connectivity index (χ1v) is 18.2. The second kappa shape index (κ2) is 13.1. The molecular formula is C39H40N6O4S. The minimum atomic E-state index is -0.438. The van der Waals surface area contributed by atoms with Crippen LogP contribution in [0.4, 0.5) is 22.9 Å². The first-order chi connectivity index (χ1) is 24.3. The fourth-order valence-electron chi connectivity index (χ4n) is 7.33. The van der Waals surface area contributed by atoms with E-state index in [4.69, 9.17) is 9.73 Å². The molecule has 0 radical (unpaired) electrons. The molecule has 2 N–H and O–H groups in total. The Bertz CT molecular complexity index is 1990. The lowest BCUT2D eigenvalue weighted by Gasteiger charge is -2.53. The van der Waals surface area contributed by atoms with Gasteiger partial charge in [0.2, 0.25) is 0 Å². The van der Waals surface area contributed by atoms with Gasteiger partial charge in [0.25, 0.3) is 17.7 Å². The molecule has 5 heterocycles. The fraction of sp³-hybridized carbons (Fsp3) is 0.359. The number of rotatable bonds is 7. The summed E-state index contributed by atoms with van der Waals surface area (Å²) in [6.45, 7) is 7.39. The fourth-order valence-corrected chi connectivity index (χ4v) is 8.31. The van der Waals surface area contributed by atoms with Gasteiger partial charge in [0.1, 0.15) is 5.69 Å². The van der Waals surface area contributed by atoms with Crippen LogP contribution in [0.3, 0.4) is 0 Å². The molecule has 50 heavy (non-hydrogen) atoms. The van der Waals surface area contributed by atoms with E-state index in [2.05, 4.69) is 26.6 Å². The summed E-state index contributed by atoms with van der Waals surface area (Å²) in [6.07, 6.45) is 6.96. The van der Waals surface area contributed by atoms with Gasteiger partial charge in [-0.2, -0.15) is 0 Å². The molecule has 8 rings (SSSR count). The summed E-state index contributed by atoms with van der Waals surface area (Å²) in [5.74, 6) is -0.00933. The van der Waals surface area contributed by atoms with Crippen LogP contribution in [0.15, 0.2) is 77.9 Å². The zero-order valence-corrected chi connectivity index (χ0v) is 29.1. The molecular weight excluding hydrogens is 649 g/mol. The number of thiophene rings is 1. The maximum Gasteiger partial charge on any atom is 0.261 e. The molecule has 3 aliphatic heterocycles. The maximum atomic E-state index is 14.2. The first-order valence-electron chi connectivity index (χ1n) is 17.4. The third-order valence-electron chi connectivity index (χ3n) is 10.5. The Balaban J connectivity index is 0.987. The number of aliphatic imine (C=N–C) groups is 1. The van der Waals surface area contributed by atoms with E-state index in [1.807, 2.05) is 44.2 Å². The van der Waals surface area contributed by atoms with Gasteiger partial charge in [-0.1, -0.05) is 11.6 Å². The lowest BCUT2D eigenvalue weighted by molar-refractivity contribution is -0.000245. The van der Waals surface area contributed by atoms with Crippen LogP contribution in [-0.2, 0) is 4.74 Å². The lowest BCUT2D eigenvalue weighted by atomic mass is 9.73. The number of fused-ring (bicyclic) bond motifs is 1. The molecule has 2 aromatic carbocycles. The maximum absolute atomic E-state index is 14.2. The number of aromatic nitrogens is 1. The number of carbonyl (C=O) groups excluding carboxylic acids is 3. The van der Waals surface area contributed by atoms with E-state index in [0.29, 0.717) is 38.9 Å². The summed E-state index contributed by atoms with van der Waals surface area (Å²) in [5.41, 5.74) is 5.23. The standard InChI is InChI=1S/C39H40N6O4S/c1-24-8-13-31(44-22-39(23-44)16-19-49-20-17-39)29(21-24)36(46)41-28-11-9-26(10-12-28)38(48)45-25(2)34(43-30-7-4-18-40-35(30)45)32-14-15-33(50-32)37(47)42-27-5-3-6-27/h4,7-15,18,21,25,27H,3,5-6,16-17,19-20,22-23H2,1-2H3,(H,41,46)(H,42,47)/t25-/m1/s1. The van der Waals surface area contributed by atoms with Crippen LogP contribution in [-0.4, -0.2) is 66.8 Å². The van der Waals surface area contributed by atoms with Crippen molar-refractivity contribution in [2.24, 2.45) is 10.4 Å². The van der Waals surface area contributed by atoms with E-state index in [1.54, 1.807) is 41.4 Å². The molecule has 11 heteroatoms. The molecule has 4 aliphatic rings. The zero-order valence-electron chi connectivity index (χ0n) is 28.3. The third-order valence-corrected chi connectivity index (χ3v) is 11.6. The van der Waals surface area contributed by atoms with Gasteiger partial charge in [0.05, 0.1) is 27.1 Å². The zero-order chi connectivity index (χ0) is 34.4. The summed E-state index contributed by atoms with van der Waals surface area (Å²) in [6, 6.07) is 20.2. The largest absolute Gasteiger partial charge is 0.381 e. The van der Waals surface area contributed by atoms with Gasteiger partial charge in [-0.3, -0.25) is 19.3 Å². The van der Waals surface area contributed by atoms with Gasteiger partial charge in [-0.05, 0) is 107 Å². The molecule has 1 spiro atoms. The summed E-state index contributed by atoms with van der Waals surface area (Å²) >= 11 is 1.38. The third kappa shape index (κ3) is 6.09. The second-order valence-corrected chi connectivity index (χ2v) is 15.1. The molecule has 10 nitrogen and oxygen atoms in total. The van der Waals surface area contributed by atoms with Gasteiger partial charge >= 0.3 is 0 Å². The van der Waals surface area contributed by atoms with Crippen molar-refractivity contribution in [2.75, 3.05) is 41.4 Å². The molecule has 0 bridgehead atoms. The Labute approximate surface area is 295 Å². The van der Waals surface area contributed by atoms with Crippen molar-refractivity contribution in [1.82, 2.24) is 10.3 Å². The Kier molecular flexibility index (Phi) is 8.48. The van der Waals surface area contributed by atoms with Gasteiger partial charge in [0.15, 0.2) is 5.82 Å². The molecule has 1 atom stereocenters. The Morgan fingerprint density at radius 1 is 0.960 bits per heavy atom. The summed E-state index contributed by atoms with van der Waals surface area (Å²) in [4.78, 5) is 55.5. The molecule has 0 unspecified atom stereocenters. The van der Waals surface area contributed by atoms with Crippen LogP contribution in [0.2, 0.25) is 0 Å². The number of benzene rings is 2. The number of amides is 3. The molecule has 2 aromatic heterocycles. The molecule has 3 fully saturated rings. The van der Waals surface area contributed by atoms with Crippen molar-refractivity contribution < 1.29 is 19.1 Å². The van der Waals surface area contributed by atoms with E-state index in [1.165, 1.54) is 11.3 Å². The number of carbonyl (C=O) groups is 3. The molecule has 2 saturated heterocycles. The number of nitrogens with one attached hydrogen (secondary N) is 2. The topological polar surface area (TPSA) is 116 Å². The molecule has 256 valence electrons. The van der Waals surface area contributed by atoms with Gasteiger partial charge in [-0.15, -0.1) is 11.3 Å². The molecule has 3 amide bonds. The Hall–Kier alpha value is -4.87. The highest BCUT2D eigenvalue weighted by Gasteiger charge is 2.44. The van der Waals surface area contributed by atoms with Crippen LogP contribution >= 0.6 is 11.3 Å². The highest BCUT2D eigenvalue weighted by Crippen LogP contribution is 2.43. The average molecular weight is 689 g/mol. The molecule has 1 saturated carbocycles. The van der Waals surface area contributed by atoms with Crippen molar-refractivity contribution in [3.63, 3.8) is 0 Å². The van der Waals surface area contributed by atoms with Crippen LogP contribution in [0.25, 0.3) is 0 Å². The summed E-state index contributed by atoms with van der Waals surface area (Å²) < 4.78 is 5.58. The smallest absolute Gasteiger partial charge is 0.261 e. The van der Waals surface area contributed by atoms with Crippen LogP contribution in [0, 0.1) is 12.3 Å². The number of nitrogens with zero attached hydrogens (tertiary/aromatic N) is 4. The monoisotopic (exact) mass is 688 g/mol. The average Bonchev–Trinajstić information content (AvgIpc) is 3.59. The number of ether oxygens (including phenoxy) is 1. The van der Waals surface area contributed by atoms with Crippen LogP contribution in [0.5, 0.6) is 0 Å². The van der Waals surface area contributed by atoms with Gasteiger partial charge < -0.3 is 20.3 Å². The van der Waals surface area contributed by atoms with Gasteiger partial charge in [0, 0.05) is 60.9 Å². The van der Waals surface area contributed by atoms with Crippen LogP contribution < -0.4 is 20.4 Å². The minimum absolute atomic E-state index is 0.0697. The van der Waals surface area contributed by atoms with Crippen molar-refractivity contribution in [3.8, 4) is 0 Å². The first kappa shape index (κ1) is 32.3. The van der Waals surface area contributed by atoms with E-state index in [9.17, 15) is 14.4 Å². The highest BCUT2D eigenvalue weighted by atomic mass is 32.1. The van der Waals surface area contributed by atoms with E-state index in [-0.39, 0.29) is 29.2 Å². The summed E-state index contributed by atoms with van der Waals surface area (Å²) in [7, 11) is 0. The highest BCUT2D eigenvalue weighted by molar-refractivity contribution is 7.16. The van der Waals surface area contributed by atoms with Gasteiger partial charge in [-0.25, -0.2) is 9.98 Å². The summed E-state index contributed by atoms with van der Waals surface area (Å²) in [5, 5.41) is 6.16. The van der Waals surface area contributed by atoms with Crippen molar-refractivity contribution >= 4 is 57.7 Å². The minimum Gasteiger partial charge on any atom is -0.381 e. The van der Waals surface area contributed by atoms with Crippen molar-refractivity contribution in [1.29, 1.82) is 0 Å². The van der Waals surface area contributed by atoms with Crippen molar-refractivity contribution in [3.05, 3.63) is 99.4 Å². The van der Waals surface area contributed by atoms with E-state index >= 15 is 0 Å². The Morgan fingerprint density at radius 2 is 1.74 bits per heavy atom. The molecule has 4 aromatic rings.